The number of hydrogen-bond acceptors (Lipinski definition) is 6. The van der Waals surface area contributed by atoms with Gasteiger partial charge in [0.15, 0.2) is 6.04 Å². The zero-order valence-electron chi connectivity index (χ0n) is 27.0. The van der Waals surface area contributed by atoms with Crippen molar-refractivity contribution in [2.24, 2.45) is 5.92 Å². The van der Waals surface area contributed by atoms with Crippen molar-refractivity contribution in [3.8, 4) is 5.75 Å². The number of amides is 2. The number of fused-ring (bicyclic) bond motifs is 2. The monoisotopic (exact) mass is 739 g/mol. The van der Waals surface area contributed by atoms with Crippen molar-refractivity contribution in [3.63, 3.8) is 0 Å². The van der Waals surface area contributed by atoms with Crippen LogP contribution in [-0.4, -0.2) is 61.7 Å². The van der Waals surface area contributed by atoms with Crippen molar-refractivity contribution in [3.05, 3.63) is 58.6 Å². The highest BCUT2D eigenvalue weighted by molar-refractivity contribution is 9.10. The summed E-state index contributed by atoms with van der Waals surface area (Å²) in [5, 5.41) is 2.84. The van der Waals surface area contributed by atoms with E-state index in [0.29, 0.717) is 48.4 Å². The molecule has 2 heterocycles. The van der Waals surface area contributed by atoms with Crippen molar-refractivity contribution in [2.75, 3.05) is 6.61 Å². The van der Waals surface area contributed by atoms with E-state index in [1.165, 1.54) is 72.7 Å². The van der Waals surface area contributed by atoms with Crippen LogP contribution >= 0.6 is 15.9 Å². The van der Waals surface area contributed by atoms with E-state index in [9.17, 15) is 18.0 Å². The second-order valence-electron chi connectivity index (χ2n) is 13.9. The van der Waals surface area contributed by atoms with Gasteiger partial charge in [0, 0.05) is 28.2 Å². The van der Waals surface area contributed by atoms with E-state index in [4.69, 9.17) is 9.47 Å². The van der Waals surface area contributed by atoms with E-state index < -0.39 is 57.2 Å². The number of hydrogen-bond donors (Lipinski definition) is 2. The number of piperidine rings is 1. The predicted molar refractivity (Wildman–Crippen MR) is 177 cm³/mol. The standard InChI is InChI=1S/C34H44BrF2N3O6S/c1-33(2,3)46-32(42)38-25-19-26-13-14-27(20-25)40(26)31(41)30(34(36,37)23-9-11-24(35)12-10-23)39-47(43,44)29-17-15-28(16-18-29)45-21-22-7-5-4-6-8-22/h9-12,15-18,22,25-27,30,39H,4-8,13-14,19-21H2,1-3H3,(H,38,42). The average molecular weight is 741 g/mol. The van der Waals surface area contributed by atoms with Crippen molar-refractivity contribution in [1.82, 2.24) is 14.9 Å². The Balaban J connectivity index is 1.35. The van der Waals surface area contributed by atoms with Gasteiger partial charge >= 0.3 is 6.09 Å². The maximum Gasteiger partial charge on any atom is 0.407 e. The number of halogens is 3. The minimum Gasteiger partial charge on any atom is -0.493 e. The third-order valence-corrected chi connectivity index (χ3v) is 11.1. The molecule has 2 bridgehead atoms. The Bertz CT molecular complexity index is 1500. The molecule has 2 amide bonds. The summed E-state index contributed by atoms with van der Waals surface area (Å²) in [5.41, 5.74) is -1.19. The van der Waals surface area contributed by atoms with Gasteiger partial charge in [0.1, 0.15) is 11.4 Å². The molecule has 1 saturated carbocycles. The molecule has 2 aromatic rings. The molecule has 0 aromatic heterocycles. The zero-order chi connectivity index (χ0) is 34.0. The van der Waals surface area contributed by atoms with Gasteiger partial charge in [-0.3, -0.25) is 4.79 Å². The van der Waals surface area contributed by atoms with E-state index in [-0.39, 0.29) is 10.9 Å². The maximum atomic E-state index is 16.3. The van der Waals surface area contributed by atoms with Crippen LogP contribution in [-0.2, 0) is 25.5 Å². The van der Waals surface area contributed by atoms with Crippen LogP contribution in [0.2, 0.25) is 0 Å². The number of nitrogens with one attached hydrogen (secondary N) is 2. The highest BCUT2D eigenvalue weighted by atomic mass is 79.9. The number of ether oxygens (including phenoxy) is 2. The molecule has 3 unspecified atom stereocenters. The maximum absolute atomic E-state index is 16.3. The van der Waals surface area contributed by atoms with E-state index in [1.807, 2.05) is 0 Å². The van der Waals surface area contributed by atoms with Crippen LogP contribution in [0, 0.1) is 5.92 Å². The van der Waals surface area contributed by atoms with Crippen LogP contribution in [0.3, 0.4) is 0 Å². The van der Waals surface area contributed by atoms with Crippen molar-refractivity contribution in [1.29, 1.82) is 0 Å². The first-order valence-electron chi connectivity index (χ1n) is 16.3. The molecule has 0 radical (unpaired) electrons. The van der Waals surface area contributed by atoms with Crippen LogP contribution in [0.25, 0.3) is 0 Å². The summed E-state index contributed by atoms with van der Waals surface area (Å²) in [5.74, 6) is -3.95. The molecule has 9 nitrogen and oxygen atoms in total. The highest BCUT2D eigenvalue weighted by Gasteiger charge is 2.54. The normalized spacial score (nSPS) is 22.9. The number of carbonyl (C=O) groups excluding carboxylic acids is 2. The van der Waals surface area contributed by atoms with Gasteiger partial charge in [-0.2, -0.15) is 13.5 Å². The van der Waals surface area contributed by atoms with E-state index >= 15 is 8.78 Å². The first kappa shape index (κ1) is 35.5. The third kappa shape index (κ3) is 8.83. The van der Waals surface area contributed by atoms with E-state index in [1.54, 1.807) is 20.8 Å². The molecule has 0 spiro atoms. The minimum absolute atomic E-state index is 0.254. The molecule has 2 N–H and O–H groups in total. The average Bonchev–Trinajstić information content (AvgIpc) is 3.28. The summed E-state index contributed by atoms with van der Waals surface area (Å²) in [6.45, 7) is 5.80. The fourth-order valence-electron chi connectivity index (χ4n) is 6.90. The summed E-state index contributed by atoms with van der Waals surface area (Å²) < 4.78 is 73.8. The molecule has 2 aliphatic heterocycles. The third-order valence-electron chi connectivity index (χ3n) is 9.16. The van der Waals surface area contributed by atoms with Gasteiger partial charge in [-0.05, 0) is 102 Å². The Morgan fingerprint density at radius 1 is 0.936 bits per heavy atom. The van der Waals surface area contributed by atoms with Crippen LogP contribution < -0.4 is 14.8 Å². The molecule has 2 aromatic carbocycles. The van der Waals surface area contributed by atoms with E-state index in [2.05, 4.69) is 26.0 Å². The molecule has 258 valence electrons. The fourth-order valence-corrected chi connectivity index (χ4v) is 8.36. The first-order chi connectivity index (χ1) is 22.1. The molecule has 2 saturated heterocycles. The summed E-state index contributed by atoms with van der Waals surface area (Å²) in [7, 11) is -4.57. The molecule has 1 aliphatic carbocycles. The summed E-state index contributed by atoms with van der Waals surface area (Å²) in [4.78, 5) is 27.7. The lowest BCUT2D eigenvalue weighted by Gasteiger charge is -2.42. The van der Waals surface area contributed by atoms with Gasteiger partial charge in [-0.25, -0.2) is 13.2 Å². The molecule has 47 heavy (non-hydrogen) atoms. The minimum atomic E-state index is -4.57. The highest BCUT2D eigenvalue weighted by Crippen LogP contribution is 2.40. The second kappa shape index (κ2) is 14.4. The predicted octanol–water partition coefficient (Wildman–Crippen LogP) is 6.89. The zero-order valence-corrected chi connectivity index (χ0v) is 29.4. The number of nitrogens with zero attached hydrogens (tertiary/aromatic N) is 1. The summed E-state index contributed by atoms with van der Waals surface area (Å²) in [6.07, 6.45) is 6.96. The van der Waals surface area contributed by atoms with Crippen molar-refractivity contribution < 1.29 is 36.3 Å². The lowest BCUT2D eigenvalue weighted by Crippen LogP contribution is -2.61. The Hall–Kier alpha value is -2.77. The quantitative estimate of drug-likeness (QED) is 0.274. The molecular formula is C34H44BrF2N3O6S. The number of carbonyl (C=O) groups is 2. The summed E-state index contributed by atoms with van der Waals surface area (Å²) in [6, 6.07) is 7.17. The Morgan fingerprint density at radius 2 is 1.53 bits per heavy atom. The molecule has 3 aliphatic rings. The Labute approximate surface area is 284 Å². The van der Waals surface area contributed by atoms with Gasteiger partial charge in [-0.1, -0.05) is 47.3 Å². The van der Waals surface area contributed by atoms with Crippen molar-refractivity contribution in [2.45, 2.75) is 119 Å². The number of benzene rings is 2. The lowest BCUT2D eigenvalue weighted by atomic mass is 9.90. The van der Waals surface area contributed by atoms with Gasteiger partial charge in [0.05, 0.1) is 11.5 Å². The SMILES string of the molecule is CC(C)(C)OC(=O)NC1CC2CCC(C1)N2C(=O)C(NS(=O)(=O)c1ccc(OCC2CCCCC2)cc1)C(F)(F)c1ccc(Br)cc1. The van der Waals surface area contributed by atoms with Crippen LogP contribution in [0.1, 0.15) is 84.1 Å². The lowest BCUT2D eigenvalue weighted by molar-refractivity contribution is -0.149. The second-order valence-corrected chi connectivity index (χ2v) is 16.5. The fraction of sp³-hybridized carbons (Fsp3) is 0.588. The molecule has 5 rings (SSSR count). The van der Waals surface area contributed by atoms with Gasteiger partial charge in [0.25, 0.3) is 5.92 Å². The molecule has 3 atom stereocenters. The van der Waals surface area contributed by atoms with Crippen LogP contribution in [0.15, 0.2) is 57.9 Å². The Kier molecular flexibility index (Phi) is 10.9. The molecule has 3 fully saturated rings. The Morgan fingerprint density at radius 3 is 2.11 bits per heavy atom. The number of alkyl carbamates (subject to hydrolysis) is 1. The molecular weight excluding hydrogens is 696 g/mol. The number of rotatable bonds is 10. The van der Waals surface area contributed by atoms with Crippen LogP contribution in [0.5, 0.6) is 5.75 Å². The van der Waals surface area contributed by atoms with Crippen LogP contribution in [0.4, 0.5) is 13.6 Å². The number of sulfonamides is 1. The molecule has 13 heteroatoms. The first-order valence-corrected chi connectivity index (χ1v) is 18.6. The largest absolute Gasteiger partial charge is 0.493 e. The smallest absolute Gasteiger partial charge is 0.407 e. The van der Waals surface area contributed by atoms with E-state index in [0.717, 1.165) is 12.8 Å². The topological polar surface area (TPSA) is 114 Å². The number of alkyl halides is 2. The van der Waals surface area contributed by atoms with Crippen molar-refractivity contribution >= 4 is 38.0 Å². The van der Waals surface area contributed by atoms with Gasteiger partial charge in [-0.15, -0.1) is 0 Å². The van der Waals surface area contributed by atoms with Gasteiger partial charge < -0.3 is 19.7 Å². The summed E-state index contributed by atoms with van der Waals surface area (Å²) >= 11 is 3.24. The van der Waals surface area contributed by atoms with Gasteiger partial charge in [0.2, 0.25) is 15.9 Å².